The van der Waals surface area contributed by atoms with E-state index >= 15 is 0 Å². The van der Waals surface area contributed by atoms with Gasteiger partial charge in [-0.3, -0.25) is 4.79 Å². The Morgan fingerprint density at radius 1 is 1.39 bits per heavy atom. The molecule has 1 amide bonds. The first-order valence-electron chi connectivity index (χ1n) is 6.11. The summed E-state index contributed by atoms with van der Waals surface area (Å²) in [6.45, 7) is 2.06. The number of thioether (sulfide) groups is 1. The molecule has 2 atom stereocenters. The number of hydrogen-bond donors (Lipinski definition) is 1. The van der Waals surface area contributed by atoms with Crippen LogP contribution < -0.4 is 5.73 Å². The molecular weight excluding hydrogens is 244 g/mol. The maximum atomic E-state index is 12.1. The van der Waals surface area contributed by atoms with Crippen molar-refractivity contribution in [2.75, 3.05) is 19.1 Å². The van der Waals surface area contributed by atoms with Crippen molar-refractivity contribution < 1.29 is 4.79 Å². The van der Waals surface area contributed by atoms with Gasteiger partial charge in [0.1, 0.15) is 0 Å². The Kier molecular flexibility index (Phi) is 6.22. The number of carbonyl (C=O) groups excluding carboxylic acids is 1. The molecule has 0 aliphatic rings. The number of amides is 1. The minimum Gasteiger partial charge on any atom is -0.342 e. The Morgan fingerprint density at radius 3 is 2.56 bits per heavy atom. The maximum absolute atomic E-state index is 12.1. The molecule has 0 saturated carbocycles. The lowest BCUT2D eigenvalue weighted by Crippen LogP contribution is -2.38. The predicted octanol–water partition coefficient (Wildman–Crippen LogP) is 2.29. The Bertz CT molecular complexity index is 369. The van der Waals surface area contributed by atoms with Crippen LogP contribution in [0.15, 0.2) is 30.3 Å². The third-order valence-corrected chi connectivity index (χ3v) is 3.90. The van der Waals surface area contributed by atoms with E-state index in [1.165, 1.54) is 0 Å². The van der Waals surface area contributed by atoms with Crippen LogP contribution >= 0.6 is 11.8 Å². The summed E-state index contributed by atoms with van der Waals surface area (Å²) in [5.41, 5.74) is 7.07. The second kappa shape index (κ2) is 7.44. The molecule has 0 bridgehead atoms. The lowest BCUT2D eigenvalue weighted by molar-refractivity contribution is -0.131. The summed E-state index contributed by atoms with van der Waals surface area (Å²) in [6, 6.07) is 9.79. The van der Waals surface area contributed by atoms with Crippen molar-refractivity contribution in [3.05, 3.63) is 35.9 Å². The van der Waals surface area contributed by atoms with Gasteiger partial charge in [-0.15, -0.1) is 0 Å². The zero-order chi connectivity index (χ0) is 13.5. The van der Waals surface area contributed by atoms with Gasteiger partial charge in [-0.25, -0.2) is 0 Å². The molecular formula is C14H22N2OS. The van der Waals surface area contributed by atoms with Crippen LogP contribution in [0, 0.1) is 0 Å². The minimum atomic E-state index is -0.220. The molecule has 1 rings (SSSR count). The van der Waals surface area contributed by atoms with Gasteiger partial charge in [0.2, 0.25) is 5.91 Å². The van der Waals surface area contributed by atoms with Crippen LogP contribution in [0.2, 0.25) is 0 Å². The van der Waals surface area contributed by atoms with E-state index in [-0.39, 0.29) is 18.0 Å². The standard InChI is InChI=1S/C14H22N2OS/c1-11(10-18-3)16(2)14(17)9-13(15)12-7-5-4-6-8-12/h4-8,11,13H,9-10,15H2,1-3H3/t11-,13-/m1/s1. The van der Waals surface area contributed by atoms with Gasteiger partial charge in [-0.2, -0.15) is 11.8 Å². The van der Waals surface area contributed by atoms with Gasteiger partial charge in [0.05, 0.1) is 0 Å². The predicted molar refractivity (Wildman–Crippen MR) is 78.6 cm³/mol. The van der Waals surface area contributed by atoms with Crippen LogP contribution in [0.3, 0.4) is 0 Å². The van der Waals surface area contributed by atoms with Crippen molar-refractivity contribution >= 4 is 17.7 Å². The highest BCUT2D eigenvalue weighted by atomic mass is 32.2. The number of benzene rings is 1. The van der Waals surface area contributed by atoms with Crippen molar-refractivity contribution in [3.63, 3.8) is 0 Å². The van der Waals surface area contributed by atoms with Crippen LogP contribution in [0.4, 0.5) is 0 Å². The molecule has 0 aromatic heterocycles. The topological polar surface area (TPSA) is 46.3 Å². The largest absolute Gasteiger partial charge is 0.342 e. The molecule has 100 valence electrons. The van der Waals surface area contributed by atoms with Gasteiger partial charge in [-0.05, 0) is 18.7 Å². The Morgan fingerprint density at radius 2 is 2.00 bits per heavy atom. The van der Waals surface area contributed by atoms with E-state index in [9.17, 15) is 4.79 Å². The molecule has 0 aliphatic carbocycles. The summed E-state index contributed by atoms with van der Waals surface area (Å²) in [5.74, 6) is 1.05. The first-order chi connectivity index (χ1) is 8.56. The van der Waals surface area contributed by atoms with E-state index in [1.807, 2.05) is 43.6 Å². The summed E-state index contributed by atoms with van der Waals surface area (Å²) in [4.78, 5) is 13.9. The lowest BCUT2D eigenvalue weighted by Gasteiger charge is -2.25. The highest BCUT2D eigenvalue weighted by Gasteiger charge is 2.18. The van der Waals surface area contributed by atoms with E-state index in [2.05, 4.69) is 6.92 Å². The first kappa shape index (κ1) is 15.1. The fourth-order valence-corrected chi connectivity index (χ4v) is 2.46. The van der Waals surface area contributed by atoms with Gasteiger partial charge in [0, 0.05) is 31.3 Å². The molecule has 18 heavy (non-hydrogen) atoms. The fraction of sp³-hybridized carbons (Fsp3) is 0.500. The SMILES string of the molecule is CSC[C@@H](C)N(C)C(=O)C[C@@H](N)c1ccccc1. The summed E-state index contributed by atoms with van der Waals surface area (Å²) < 4.78 is 0. The fourth-order valence-electron chi connectivity index (χ4n) is 1.75. The van der Waals surface area contributed by atoms with E-state index in [4.69, 9.17) is 5.73 Å². The average Bonchev–Trinajstić information content (AvgIpc) is 2.39. The van der Waals surface area contributed by atoms with Crippen molar-refractivity contribution in [2.24, 2.45) is 5.73 Å². The number of rotatable bonds is 6. The molecule has 0 heterocycles. The number of nitrogens with two attached hydrogens (primary N) is 1. The molecule has 4 heteroatoms. The number of nitrogens with zero attached hydrogens (tertiary/aromatic N) is 1. The van der Waals surface area contributed by atoms with E-state index < -0.39 is 0 Å². The first-order valence-corrected chi connectivity index (χ1v) is 7.50. The van der Waals surface area contributed by atoms with Crippen LogP contribution in [-0.4, -0.2) is 35.9 Å². The van der Waals surface area contributed by atoms with Gasteiger partial charge in [-0.1, -0.05) is 30.3 Å². The quantitative estimate of drug-likeness (QED) is 0.859. The molecule has 0 unspecified atom stereocenters. The molecule has 2 N–H and O–H groups in total. The highest BCUT2D eigenvalue weighted by molar-refractivity contribution is 7.98. The van der Waals surface area contributed by atoms with Crippen LogP contribution in [-0.2, 0) is 4.79 Å². The zero-order valence-corrected chi connectivity index (χ0v) is 12.1. The van der Waals surface area contributed by atoms with E-state index in [0.29, 0.717) is 6.42 Å². The van der Waals surface area contributed by atoms with Crippen molar-refractivity contribution in [2.45, 2.75) is 25.4 Å². The second-order valence-electron chi connectivity index (χ2n) is 4.53. The van der Waals surface area contributed by atoms with Crippen LogP contribution in [0.5, 0.6) is 0 Å². The zero-order valence-electron chi connectivity index (χ0n) is 11.3. The Hall–Kier alpha value is -1.00. The van der Waals surface area contributed by atoms with Gasteiger partial charge in [0.15, 0.2) is 0 Å². The monoisotopic (exact) mass is 266 g/mol. The Labute approximate surface area is 114 Å². The third-order valence-electron chi connectivity index (χ3n) is 3.08. The molecule has 0 fully saturated rings. The summed E-state index contributed by atoms with van der Waals surface area (Å²) >= 11 is 1.75. The molecule has 0 aliphatic heterocycles. The van der Waals surface area contributed by atoms with E-state index in [1.54, 1.807) is 16.7 Å². The molecule has 0 spiro atoms. The average molecular weight is 266 g/mol. The normalized spacial score (nSPS) is 14.0. The molecule has 0 radical (unpaired) electrons. The smallest absolute Gasteiger partial charge is 0.224 e. The molecule has 0 saturated heterocycles. The van der Waals surface area contributed by atoms with E-state index in [0.717, 1.165) is 11.3 Å². The highest BCUT2D eigenvalue weighted by Crippen LogP contribution is 2.15. The summed E-state index contributed by atoms with van der Waals surface area (Å²) in [6.07, 6.45) is 2.41. The second-order valence-corrected chi connectivity index (χ2v) is 5.44. The number of carbonyl (C=O) groups is 1. The van der Waals surface area contributed by atoms with Crippen LogP contribution in [0.25, 0.3) is 0 Å². The van der Waals surface area contributed by atoms with Gasteiger partial charge < -0.3 is 10.6 Å². The van der Waals surface area contributed by atoms with Gasteiger partial charge >= 0.3 is 0 Å². The Balaban J connectivity index is 2.54. The molecule has 1 aromatic rings. The maximum Gasteiger partial charge on any atom is 0.224 e. The minimum absolute atomic E-state index is 0.105. The van der Waals surface area contributed by atoms with Crippen LogP contribution in [0.1, 0.15) is 24.9 Å². The third kappa shape index (κ3) is 4.35. The summed E-state index contributed by atoms with van der Waals surface area (Å²) in [7, 11) is 1.85. The lowest BCUT2D eigenvalue weighted by atomic mass is 10.0. The van der Waals surface area contributed by atoms with Crippen molar-refractivity contribution in [1.82, 2.24) is 4.90 Å². The molecule has 1 aromatic carbocycles. The number of hydrogen-bond acceptors (Lipinski definition) is 3. The van der Waals surface area contributed by atoms with Crippen molar-refractivity contribution in [3.8, 4) is 0 Å². The van der Waals surface area contributed by atoms with Crippen molar-refractivity contribution in [1.29, 1.82) is 0 Å². The summed E-state index contributed by atoms with van der Waals surface area (Å²) in [5, 5.41) is 0. The molecule has 3 nitrogen and oxygen atoms in total. The van der Waals surface area contributed by atoms with Gasteiger partial charge in [0.25, 0.3) is 0 Å².